The lowest BCUT2D eigenvalue weighted by Gasteiger charge is -1.98. The van der Waals surface area contributed by atoms with Crippen molar-refractivity contribution in [2.45, 2.75) is 12.8 Å². The van der Waals surface area contributed by atoms with Crippen molar-refractivity contribution in [1.29, 1.82) is 0 Å². The highest BCUT2D eigenvalue weighted by molar-refractivity contribution is 7.51. The predicted octanol–water partition coefficient (Wildman–Crippen LogP) is 0.0540. The first kappa shape index (κ1) is 8.82. The summed E-state index contributed by atoms with van der Waals surface area (Å²) in [4.78, 5) is 26.0. The lowest BCUT2D eigenvalue weighted by Crippen LogP contribution is -1.87. The Balaban J connectivity index is 3.28. The van der Waals surface area contributed by atoms with Crippen molar-refractivity contribution < 1.29 is 19.1 Å². The van der Waals surface area contributed by atoms with Crippen LogP contribution in [0.2, 0.25) is 0 Å². The molecule has 5 heteroatoms. The molecule has 0 spiro atoms. The molecule has 4 nitrogen and oxygen atoms in total. The summed E-state index contributed by atoms with van der Waals surface area (Å²) in [5.74, 6) is 0. The summed E-state index contributed by atoms with van der Waals surface area (Å²) in [6.45, 7) is 0. The van der Waals surface area contributed by atoms with Crippen molar-refractivity contribution in [2.24, 2.45) is 0 Å². The van der Waals surface area contributed by atoms with Gasteiger partial charge in [0.25, 0.3) is 0 Å². The Bertz CT molecular complexity index is 127. The Morgan fingerprint density at radius 2 is 2.00 bits per heavy atom. The van der Waals surface area contributed by atoms with Crippen LogP contribution in [0.5, 0.6) is 0 Å². The van der Waals surface area contributed by atoms with Gasteiger partial charge < -0.3 is 9.79 Å². The first-order valence-electron chi connectivity index (χ1n) is 2.46. The van der Waals surface area contributed by atoms with E-state index in [2.05, 4.69) is 0 Å². The first-order chi connectivity index (χ1) is 4.06. The van der Waals surface area contributed by atoms with E-state index >= 15 is 0 Å². The zero-order valence-corrected chi connectivity index (χ0v) is 5.67. The molecule has 2 N–H and O–H groups in total. The molecule has 0 rings (SSSR count). The minimum Gasteiger partial charge on any atom is -0.324 e. The predicted molar refractivity (Wildman–Crippen MR) is 31.8 cm³/mol. The van der Waals surface area contributed by atoms with Crippen molar-refractivity contribution in [2.75, 3.05) is 6.16 Å². The topological polar surface area (TPSA) is 74.6 Å². The molecule has 0 atom stereocenters. The molecule has 0 aromatic heterocycles. The summed E-state index contributed by atoms with van der Waals surface area (Å²) in [6.07, 6.45) is 1.65. The van der Waals surface area contributed by atoms with Gasteiger partial charge in [0.2, 0.25) is 0 Å². The van der Waals surface area contributed by atoms with E-state index in [-0.39, 0.29) is 19.0 Å². The second-order valence-corrected chi connectivity index (χ2v) is 3.41. The molecule has 0 aliphatic carbocycles. The minimum atomic E-state index is -3.87. The maximum absolute atomic E-state index is 10.1. The van der Waals surface area contributed by atoms with Gasteiger partial charge in [-0.1, -0.05) is 0 Å². The van der Waals surface area contributed by atoms with E-state index < -0.39 is 7.60 Å². The number of hydrogen-bond donors (Lipinski definition) is 2. The van der Waals surface area contributed by atoms with E-state index in [1.165, 1.54) is 0 Å². The van der Waals surface area contributed by atoms with E-state index in [1.54, 1.807) is 6.29 Å². The van der Waals surface area contributed by atoms with Crippen LogP contribution in [0.1, 0.15) is 12.8 Å². The van der Waals surface area contributed by atoms with Crippen molar-refractivity contribution in [3.8, 4) is 0 Å². The Hall–Kier alpha value is -0.180. The normalized spacial score (nSPS) is 11.3. The number of unbranched alkanes of at least 4 members (excludes halogenated alkanes) is 1. The lowest BCUT2D eigenvalue weighted by molar-refractivity contribution is 0.372. The Kier molecular flexibility index (Phi) is 3.70. The zero-order chi connectivity index (χ0) is 7.33. The summed E-state index contributed by atoms with van der Waals surface area (Å²) in [6, 6.07) is 0. The molecule has 0 saturated heterocycles. The fourth-order valence-corrected chi connectivity index (χ4v) is 0.927. The summed E-state index contributed by atoms with van der Waals surface area (Å²) >= 11 is 0. The van der Waals surface area contributed by atoms with Crippen LogP contribution in [-0.2, 0) is 9.36 Å². The summed E-state index contributed by atoms with van der Waals surface area (Å²) in [7, 11) is -3.87. The molecule has 0 bridgehead atoms. The minimum absolute atomic E-state index is 0.102. The van der Waals surface area contributed by atoms with Crippen LogP contribution in [0.4, 0.5) is 0 Å². The van der Waals surface area contributed by atoms with Gasteiger partial charge in [-0.05, 0) is 6.42 Å². The summed E-state index contributed by atoms with van der Waals surface area (Å²) in [5.41, 5.74) is 0. The number of hydrogen-bond acceptors (Lipinski definition) is 2. The standard InChI is InChI=1S/C4H8O4P/c5-3-1-2-4-9(6,7)8/h1-2,4H2,(H2,6,7,8). The Morgan fingerprint density at radius 1 is 1.44 bits per heavy atom. The van der Waals surface area contributed by atoms with Gasteiger partial charge in [-0.3, -0.25) is 9.36 Å². The molecule has 9 heavy (non-hydrogen) atoms. The third-order valence-electron chi connectivity index (χ3n) is 0.728. The summed E-state index contributed by atoms with van der Waals surface area (Å²) < 4.78 is 10.1. The Morgan fingerprint density at radius 3 is 2.33 bits per heavy atom. The molecular weight excluding hydrogens is 143 g/mol. The molecule has 0 unspecified atom stereocenters. The second-order valence-electron chi connectivity index (χ2n) is 1.64. The van der Waals surface area contributed by atoms with E-state index in [0.29, 0.717) is 0 Å². The van der Waals surface area contributed by atoms with Crippen LogP contribution in [0.3, 0.4) is 0 Å². The molecule has 0 aromatic rings. The largest absolute Gasteiger partial charge is 0.325 e. The van der Waals surface area contributed by atoms with Crippen molar-refractivity contribution >= 4 is 13.9 Å². The molecule has 0 heterocycles. The maximum Gasteiger partial charge on any atom is 0.325 e. The average molecular weight is 151 g/mol. The molecule has 1 radical (unpaired) electrons. The lowest BCUT2D eigenvalue weighted by atomic mass is 10.4. The SMILES string of the molecule is O=[C]CCCP(=O)(O)O. The number of carbonyl (C=O) groups excluding carboxylic acids is 1. The van der Waals surface area contributed by atoms with Gasteiger partial charge in [-0.25, -0.2) is 0 Å². The average Bonchev–Trinajstić information content (AvgIpc) is 1.63. The van der Waals surface area contributed by atoms with Crippen molar-refractivity contribution in [1.82, 2.24) is 0 Å². The third-order valence-corrected chi connectivity index (χ3v) is 1.63. The van der Waals surface area contributed by atoms with Gasteiger partial charge in [0.1, 0.15) is 0 Å². The first-order valence-corrected chi connectivity index (χ1v) is 4.25. The van der Waals surface area contributed by atoms with Crippen LogP contribution in [0, 0.1) is 0 Å². The van der Waals surface area contributed by atoms with E-state index in [1.807, 2.05) is 0 Å². The van der Waals surface area contributed by atoms with Gasteiger partial charge in [0.15, 0.2) is 6.29 Å². The molecule has 53 valence electrons. The van der Waals surface area contributed by atoms with Crippen LogP contribution >= 0.6 is 7.60 Å². The monoisotopic (exact) mass is 151 g/mol. The summed E-state index contributed by atoms with van der Waals surface area (Å²) in [5, 5.41) is 0. The molecule has 0 aromatic carbocycles. The molecule has 0 fully saturated rings. The van der Waals surface area contributed by atoms with Gasteiger partial charge >= 0.3 is 7.60 Å². The van der Waals surface area contributed by atoms with E-state index in [4.69, 9.17) is 9.79 Å². The smallest absolute Gasteiger partial charge is 0.324 e. The second kappa shape index (κ2) is 3.77. The fraction of sp³-hybridized carbons (Fsp3) is 0.750. The highest BCUT2D eigenvalue weighted by atomic mass is 31.2. The molecule has 0 saturated carbocycles. The highest BCUT2D eigenvalue weighted by Gasteiger charge is 2.10. The quantitative estimate of drug-likeness (QED) is 0.439. The fourth-order valence-electron chi connectivity index (χ4n) is 0.357. The van der Waals surface area contributed by atoms with E-state index in [9.17, 15) is 9.36 Å². The highest BCUT2D eigenvalue weighted by Crippen LogP contribution is 2.34. The van der Waals surface area contributed by atoms with E-state index in [0.717, 1.165) is 0 Å². The van der Waals surface area contributed by atoms with Gasteiger partial charge in [-0.15, -0.1) is 0 Å². The van der Waals surface area contributed by atoms with Crippen LogP contribution < -0.4 is 0 Å². The van der Waals surface area contributed by atoms with Crippen LogP contribution in [0.15, 0.2) is 0 Å². The van der Waals surface area contributed by atoms with Crippen LogP contribution in [-0.4, -0.2) is 22.2 Å². The molecule has 0 aliphatic rings. The van der Waals surface area contributed by atoms with Crippen molar-refractivity contribution in [3.05, 3.63) is 0 Å². The molecule has 0 aliphatic heterocycles. The number of rotatable bonds is 4. The van der Waals surface area contributed by atoms with Crippen LogP contribution in [0.25, 0.3) is 0 Å². The van der Waals surface area contributed by atoms with Gasteiger partial charge in [-0.2, -0.15) is 0 Å². The Labute approximate surface area is 53.0 Å². The maximum atomic E-state index is 10.1. The third kappa shape index (κ3) is 7.82. The van der Waals surface area contributed by atoms with Crippen molar-refractivity contribution in [3.63, 3.8) is 0 Å². The molecular formula is C4H8O4P. The van der Waals surface area contributed by atoms with Gasteiger partial charge in [0, 0.05) is 6.42 Å². The van der Waals surface area contributed by atoms with Gasteiger partial charge in [0.05, 0.1) is 6.16 Å². The zero-order valence-electron chi connectivity index (χ0n) is 4.78. The molecule has 0 amide bonds.